The molecule has 94 valence electrons. The SMILES string of the molecule is CC(C)CCOc1cccc2c1OCCCO2. The van der Waals surface area contributed by atoms with Crippen molar-refractivity contribution in [1.29, 1.82) is 0 Å². The van der Waals surface area contributed by atoms with E-state index >= 15 is 0 Å². The number of hydrogen-bond donors (Lipinski definition) is 0. The van der Waals surface area contributed by atoms with E-state index in [4.69, 9.17) is 14.2 Å². The molecule has 1 aliphatic rings. The summed E-state index contributed by atoms with van der Waals surface area (Å²) in [6.07, 6.45) is 1.96. The van der Waals surface area contributed by atoms with Crippen molar-refractivity contribution in [3.8, 4) is 17.2 Å². The van der Waals surface area contributed by atoms with Gasteiger partial charge in [-0.3, -0.25) is 0 Å². The molecule has 0 radical (unpaired) electrons. The summed E-state index contributed by atoms with van der Waals surface area (Å²) < 4.78 is 17.1. The third-order valence-electron chi connectivity index (χ3n) is 2.69. The molecule has 0 amide bonds. The van der Waals surface area contributed by atoms with Crippen LogP contribution in [0.3, 0.4) is 0 Å². The number of ether oxygens (including phenoxy) is 3. The molecule has 1 aliphatic heterocycles. The molecule has 3 nitrogen and oxygen atoms in total. The highest BCUT2D eigenvalue weighted by Gasteiger charge is 2.15. The fraction of sp³-hybridized carbons (Fsp3) is 0.571. The molecule has 0 aromatic heterocycles. The van der Waals surface area contributed by atoms with E-state index in [1.807, 2.05) is 18.2 Å². The highest BCUT2D eigenvalue weighted by atomic mass is 16.5. The molecule has 17 heavy (non-hydrogen) atoms. The first kappa shape index (κ1) is 12.1. The minimum absolute atomic E-state index is 0.648. The second-order valence-electron chi connectivity index (χ2n) is 4.66. The molecule has 1 aromatic rings. The third kappa shape index (κ3) is 3.29. The Labute approximate surface area is 103 Å². The van der Waals surface area contributed by atoms with Gasteiger partial charge >= 0.3 is 0 Å². The molecule has 3 heteroatoms. The van der Waals surface area contributed by atoms with E-state index < -0.39 is 0 Å². The average molecular weight is 236 g/mol. The Kier molecular flexibility index (Phi) is 4.13. The van der Waals surface area contributed by atoms with Crippen LogP contribution in [0.25, 0.3) is 0 Å². The van der Waals surface area contributed by atoms with Crippen molar-refractivity contribution in [3.05, 3.63) is 18.2 Å². The third-order valence-corrected chi connectivity index (χ3v) is 2.69. The fourth-order valence-electron chi connectivity index (χ4n) is 1.69. The highest BCUT2D eigenvalue weighted by Crippen LogP contribution is 2.38. The summed E-state index contributed by atoms with van der Waals surface area (Å²) in [5.74, 6) is 3.00. The Morgan fingerprint density at radius 2 is 2.06 bits per heavy atom. The second kappa shape index (κ2) is 5.80. The summed E-state index contributed by atoms with van der Waals surface area (Å²) in [4.78, 5) is 0. The molecule has 0 N–H and O–H groups in total. The first-order valence-corrected chi connectivity index (χ1v) is 6.29. The Bertz CT molecular complexity index is 360. The maximum Gasteiger partial charge on any atom is 0.203 e. The lowest BCUT2D eigenvalue weighted by Gasteiger charge is -2.14. The minimum Gasteiger partial charge on any atom is -0.490 e. The summed E-state index contributed by atoms with van der Waals surface area (Å²) in [7, 11) is 0. The van der Waals surface area contributed by atoms with Crippen molar-refractivity contribution in [2.75, 3.05) is 19.8 Å². The zero-order valence-electron chi connectivity index (χ0n) is 10.6. The van der Waals surface area contributed by atoms with Crippen LogP contribution in [0, 0.1) is 5.92 Å². The van der Waals surface area contributed by atoms with E-state index in [1.165, 1.54) is 0 Å². The van der Waals surface area contributed by atoms with Gasteiger partial charge in [0.15, 0.2) is 11.5 Å². The molecule has 0 fully saturated rings. The van der Waals surface area contributed by atoms with Crippen LogP contribution in [-0.2, 0) is 0 Å². The van der Waals surface area contributed by atoms with Gasteiger partial charge in [0.05, 0.1) is 19.8 Å². The Hall–Kier alpha value is -1.38. The lowest BCUT2D eigenvalue weighted by Crippen LogP contribution is -2.03. The van der Waals surface area contributed by atoms with Crippen LogP contribution >= 0.6 is 0 Å². The standard InChI is InChI=1S/C14H20O3/c1-11(2)7-10-16-13-6-3-5-12-14(13)17-9-4-8-15-12/h3,5-6,11H,4,7-10H2,1-2H3. The lowest BCUT2D eigenvalue weighted by molar-refractivity contribution is 0.258. The predicted octanol–water partition coefficient (Wildman–Crippen LogP) is 3.27. The van der Waals surface area contributed by atoms with Gasteiger partial charge in [-0.1, -0.05) is 19.9 Å². The lowest BCUT2D eigenvalue weighted by atomic mass is 10.1. The molecule has 1 aromatic carbocycles. The number of hydrogen-bond acceptors (Lipinski definition) is 3. The molecule has 0 bridgehead atoms. The van der Waals surface area contributed by atoms with Crippen LogP contribution in [0.2, 0.25) is 0 Å². The highest BCUT2D eigenvalue weighted by molar-refractivity contribution is 5.51. The van der Waals surface area contributed by atoms with Crippen molar-refractivity contribution in [2.45, 2.75) is 26.7 Å². The second-order valence-corrected chi connectivity index (χ2v) is 4.66. The summed E-state index contributed by atoms with van der Waals surface area (Å²) in [6.45, 7) is 6.50. The van der Waals surface area contributed by atoms with Gasteiger partial charge < -0.3 is 14.2 Å². The molecular formula is C14H20O3. The molecule has 0 atom stereocenters. The Balaban J connectivity index is 2.06. The van der Waals surface area contributed by atoms with Gasteiger partial charge in [0.2, 0.25) is 5.75 Å². The molecule has 0 saturated carbocycles. The van der Waals surface area contributed by atoms with Gasteiger partial charge in [0, 0.05) is 6.42 Å². The van der Waals surface area contributed by atoms with Gasteiger partial charge in [-0.15, -0.1) is 0 Å². The molecule has 0 aliphatic carbocycles. The number of para-hydroxylation sites is 1. The zero-order chi connectivity index (χ0) is 12.1. The molecular weight excluding hydrogens is 216 g/mol. The average Bonchev–Trinajstić information content (AvgIpc) is 2.54. The van der Waals surface area contributed by atoms with Crippen molar-refractivity contribution < 1.29 is 14.2 Å². The normalized spacial score (nSPS) is 14.5. The van der Waals surface area contributed by atoms with E-state index in [0.29, 0.717) is 19.1 Å². The van der Waals surface area contributed by atoms with E-state index in [0.717, 1.165) is 36.7 Å². The zero-order valence-corrected chi connectivity index (χ0v) is 10.6. The van der Waals surface area contributed by atoms with Gasteiger partial charge in [-0.2, -0.15) is 0 Å². The summed E-state index contributed by atoms with van der Waals surface area (Å²) >= 11 is 0. The largest absolute Gasteiger partial charge is 0.490 e. The van der Waals surface area contributed by atoms with E-state index in [-0.39, 0.29) is 0 Å². The quantitative estimate of drug-likeness (QED) is 0.803. The van der Waals surface area contributed by atoms with Gasteiger partial charge in [-0.05, 0) is 24.5 Å². The Morgan fingerprint density at radius 3 is 2.88 bits per heavy atom. The van der Waals surface area contributed by atoms with Crippen LogP contribution in [0.15, 0.2) is 18.2 Å². The van der Waals surface area contributed by atoms with Gasteiger partial charge in [0.25, 0.3) is 0 Å². The molecule has 2 rings (SSSR count). The van der Waals surface area contributed by atoms with Crippen molar-refractivity contribution in [1.82, 2.24) is 0 Å². The molecule has 1 heterocycles. The minimum atomic E-state index is 0.648. The van der Waals surface area contributed by atoms with Crippen LogP contribution < -0.4 is 14.2 Å². The molecule has 0 unspecified atom stereocenters. The predicted molar refractivity (Wildman–Crippen MR) is 67.0 cm³/mol. The maximum absolute atomic E-state index is 5.77. The summed E-state index contributed by atoms with van der Waals surface area (Å²) in [6, 6.07) is 5.81. The first-order chi connectivity index (χ1) is 8.27. The van der Waals surface area contributed by atoms with Crippen LogP contribution in [-0.4, -0.2) is 19.8 Å². The Morgan fingerprint density at radius 1 is 1.24 bits per heavy atom. The fourth-order valence-corrected chi connectivity index (χ4v) is 1.69. The summed E-state index contributed by atoms with van der Waals surface area (Å²) in [5.41, 5.74) is 0. The smallest absolute Gasteiger partial charge is 0.203 e. The van der Waals surface area contributed by atoms with E-state index in [1.54, 1.807) is 0 Å². The molecule has 0 saturated heterocycles. The van der Waals surface area contributed by atoms with Crippen LogP contribution in [0.5, 0.6) is 17.2 Å². The number of fused-ring (bicyclic) bond motifs is 1. The van der Waals surface area contributed by atoms with E-state index in [9.17, 15) is 0 Å². The van der Waals surface area contributed by atoms with Crippen molar-refractivity contribution in [3.63, 3.8) is 0 Å². The van der Waals surface area contributed by atoms with Crippen molar-refractivity contribution >= 4 is 0 Å². The van der Waals surface area contributed by atoms with Crippen LogP contribution in [0.1, 0.15) is 26.7 Å². The monoisotopic (exact) mass is 236 g/mol. The van der Waals surface area contributed by atoms with E-state index in [2.05, 4.69) is 13.8 Å². The first-order valence-electron chi connectivity index (χ1n) is 6.29. The number of rotatable bonds is 4. The topological polar surface area (TPSA) is 27.7 Å². The number of benzene rings is 1. The summed E-state index contributed by atoms with van der Waals surface area (Å²) in [5, 5.41) is 0. The molecule has 0 spiro atoms. The maximum atomic E-state index is 5.77. The van der Waals surface area contributed by atoms with Crippen molar-refractivity contribution in [2.24, 2.45) is 5.92 Å². The van der Waals surface area contributed by atoms with Gasteiger partial charge in [0.1, 0.15) is 0 Å². The van der Waals surface area contributed by atoms with Gasteiger partial charge in [-0.25, -0.2) is 0 Å². The van der Waals surface area contributed by atoms with Crippen LogP contribution in [0.4, 0.5) is 0 Å².